The molecule has 0 bridgehead atoms. The molecular weight excluding hydrogens is 330 g/mol. The van der Waals surface area contributed by atoms with Crippen LogP contribution in [-0.2, 0) is 6.42 Å². The Morgan fingerprint density at radius 1 is 1.24 bits per heavy atom. The van der Waals surface area contributed by atoms with Crippen molar-refractivity contribution in [1.82, 2.24) is 14.9 Å². The second-order valence-electron chi connectivity index (χ2n) is 5.27. The molecule has 2 aromatic heterocycles. The van der Waals surface area contributed by atoms with E-state index in [1.807, 2.05) is 18.5 Å². The van der Waals surface area contributed by atoms with E-state index in [9.17, 15) is 0 Å². The zero-order chi connectivity index (χ0) is 14.5. The van der Waals surface area contributed by atoms with Gasteiger partial charge in [-0.25, -0.2) is 0 Å². The first kappa shape index (κ1) is 14.5. The lowest BCUT2D eigenvalue weighted by Gasteiger charge is -2.16. The third-order valence-corrected chi connectivity index (χ3v) is 4.11. The van der Waals surface area contributed by atoms with Gasteiger partial charge in [-0.05, 0) is 52.5 Å². The summed E-state index contributed by atoms with van der Waals surface area (Å²) < 4.78 is 6.95. The summed E-state index contributed by atoms with van der Waals surface area (Å²) in [6.07, 6.45) is 9.64. The summed E-state index contributed by atoms with van der Waals surface area (Å²) in [6, 6.07) is 6.13. The number of hydrogen-bond donors (Lipinski definition) is 0. The van der Waals surface area contributed by atoms with Crippen molar-refractivity contribution >= 4 is 15.9 Å². The zero-order valence-corrected chi connectivity index (χ0v) is 13.4. The first-order chi connectivity index (χ1) is 10.3. The Morgan fingerprint density at radius 3 is 2.90 bits per heavy atom. The van der Waals surface area contributed by atoms with Gasteiger partial charge in [-0.15, -0.1) is 0 Å². The molecule has 0 radical (unpaired) electrons. The first-order valence-corrected chi connectivity index (χ1v) is 7.97. The summed E-state index contributed by atoms with van der Waals surface area (Å²) in [6.45, 7) is 3.15. The van der Waals surface area contributed by atoms with E-state index in [-0.39, 0.29) is 6.10 Å². The Labute approximate surface area is 133 Å². The summed E-state index contributed by atoms with van der Waals surface area (Å²) in [4.78, 5) is 10.6. The maximum atomic E-state index is 5.99. The smallest absolute Gasteiger partial charge is 0.139 e. The molecule has 3 heterocycles. The molecule has 1 aliphatic rings. The molecule has 110 valence electrons. The minimum atomic E-state index is 0.263. The maximum Gasteiger partial charge on any atom is 0.139 e. The fourth-order valence-electron chi connectivity index (χ4n) is 2.58. The van der Waals surface area contributed by atoms with Crippen LogP contribution in [0.2, 0.25) is 0 Å². The van der Waals surface area contributed by atoms with E-state index in [2.05, 4.69) is 42.9 Å². The molecule has 0 amide bonds. The minimum Gasteiger partial charge on any atom is -0.487 e. The molecule has 21 heavy (non-hydrogen) atoms. The number of nitrogens with zero attached hydrogens (tertiary/aromatic N) is 3. The van der Waals surface area contributed by atoms with Crippen molar-refractivity contribution < 1.29 is 4.74 Å². The minimum absolute atomic E-state index is 0.263. The number of hydrogen-bond acceptors (Lipinski definition) is 4. The van der Waals surface area contributed by atoms with Gasteiger partial charge in [0.15, 0.2) is 0 Å². The second kappa shape index (κ2) is 7.00. The van der Waals surface area contributed by atoms with Crippen molar-refractivity contribution in [1.29, 1.82) is 0 Å². The summed E-state index contributed by atoms with van der Waals surface area (Å²) in [7, 11) is 0. The normalized spacial score (nSPS) is 18.8. The van der Waals surface area contributed by atoms with Gasteiger partial charge in [0.05, 0.1) is 6.20 Å². The van der Waals surface area contributed by atoms with E-state index in [0.29, 0.717) is 0 Å². The number of pyridine rings is 2. The van der Waals surface area contributed by atoms with Crippen LogP contribution in [0.1, 0.15) is 12.0 Å². The molecular formula is C16H18BrN3O. The Morgan fingerprint density at radius 2 is 2.10 bits per heavy atom. The largest absolute Gasteiger partial charge is 0.487 e. The number of ether oxygens (including phenoxy) is 1. The molecule has 1 unspecified atom stereocenters. The highest BCUT2D eigenvalue weighted by Crippen LogP contribution is 2.21. The summed E-state index contributed by atoms with van der Waals surface area (Å²) in [5.74, 6) is 0.838. The standard InChI is InChI=1S/C16H18BrN3O/c17-14-9-16(11-19-10-14)21-15-4-8-20(12-15)7-3-13-1-5-18-6-2-13/h1-2,5-6,9-11,15H,3-4,7-8,12H2. The molecule has 0 aromatic carbocycles. The molecule has 1 aliphatic heterocycles. The van der Waals surface area contributed by atoms with Gasteiger partial charge in [0.25, 0.3) is 0 Å². The Hall–Kier alpha value is -1.46. The maximum absolute atomic E-state index is 5.99. The number of halogens is 1. The predicted molar refractivity (Wildman–Crippen MR) is 85.4 cm³/mol. The van der Waals surface area contributed by atoms with Crippen LogP contribution in [0.4, 0.5) is 0 Å². The van der Waals surface area contributed by atoms with Crippen LogP contribution in [0.15, 0.2) is 47.5 Å². The van der Waals surface area contributed by atoms with Crippen LogP contribution >= 0.6 is 15.9 Å². The summed E-state index contributed by atoms with van der Waals surface area (Å²) in [5.41, 5.74) is 1.34. The molecule has 2 aromatic rings. The van der Waals surface area contributed by atoms with Gasteiger partial charge >= 0.3 is 0 Å². The van der Waals surface area contributed by atoms with E-state index in [1.165, 1.54) is 5.56 Å². The molecule has 1 fully saturated rings. The lowest BCUT2D eigenvalue weighted by molar-refractivity contribution is 0.200. The second-order valence-corrected chi connectivity index (χ2v) is 6.19. The quantitative estimate of drug-likeness (QED) is 0.833. The van der Waals surface area contributed by atoms with Gasteiger partial charge < -0.3 is 4.74 Å². The van der Waals surface area contributed by atoms with Crippen molar-refractivity contribution in [2.75, 3.05) is 19.6 Å². The molecule has 0 spiro atoms. The van der Waals surface area contributed by atoms with Crippen LogP contribution < -0.4 is 4.74 Å². The van der Waals surface area contributed by atoms with Crippen molar-refractivity contribution in [3.8, 4) is 5.75 Å². The molecule has 4 nitrogen and oxygen atoms in total. The number of likely N-dealkylation sites (tertiary alicyclic amines) is 1. The van der Waals surface area contributed by atoms with Gasteiger partial charge in [-0.1, -0.05) is 0 Å². The van der Waals surface area contributed by atoms with E-state index >= 15 is 0 Å². The average Bonchev–Trinajstić information content (AvgIpc) is 2.94. The van der Waals surface area contributed by atoms with Gasteiger partial charge in [0, 0.05) is 42.7 Å². The SMILES string of the molecule is Brc1cncc(OC2CCN(CCc3ccncc3)C2)c1. The highest BCUT2D eigenvalue weighted by atomic mass is 79.9. The predicted octanol–water partition coefficient (Wildman–Crippen LogP) is 2.93. The number of rotatable bonds is 5. The third-order valence-electron chi connectivity index (χ3n) is 3.68. The topological polar surface area (TPSA) is 38.2 Å². The molecule has 0 N–H and O–H groups in total. The van der Waals surface area contributed by atoms with Crippen LogP contribution in [0.25, 0.3) is 0 Å². The molecule has 3 rings (SSSR count). The Balaban J connectivity index is 1.47. The molecule has 0 aliphatic carbocycles. The van der Waals surface area contributed by atoms with Crippen LogP contribution in [-0.4, -0.2) is 40.6 Å². The number of aromatic nitrogens is 2. The van der Waals surface area contributed by atoms with Gasteiger partial charge in [0.1, 0.15) is 11.9 Å². The first-order valence-electron chi connectivity index (χ1n) is 7.18. The Kier molecular flexibility index (Phi) is 4.83. The highest BCUT2D eigenvalue weighted by Gasteiger charge is 2.23. The molecule has 1 atom stereocenters. The lowest BCUT2D eigenvalue weighted by Crippen LogP contribution is -2.26. The van der Waals surface area contributed by atoms with Gasteiger partial charge in [0.2, 0.25) is 0 Å². The van der Waals surface area contributed by atoms with Gasteiger partial charge in [-0.2, -0.15) is 0 Å². The van der Waals surface area contributed by atoms with Crippen LogP contribution in [0.3, 0.4) is 0 Å². The van der Waals surface area contributed by atoms with E-state index in [1.54, 1.807) is 12.4 Å². The third kappa shape index (κ3) is 4.25. The summed E-state index contributed by atoms with van der Waals surface area (Å²) >= 11 is 3.42. The van der Waals surface area contributed by atoms with Gasteiger partial charge in [-0.3, -0.25) is 14.9 Å². The zero-order valence-electron chi connectivity index (χ0n) is 11.8. The van der Waals surface area contributed by atoms with Crippen molar-refractivity contribution in [3.63, 3.8) is 0 Å². The molecule has 0 saturated carbocycles. The highest BCUT2D eigenvalue weighted by molar-refractivity contribution is 9.10. The van der Waals surface area contributed by atoms with Crippen molar-refractivity contribution in [3.05, 3.63) is 53.0 Å². The summed E-state index contributed by atoms with van der Waals surface area (Å²) in [5, 5.41) is 0. The van der Waals surface area contributed by atoms with Crippen LogP contribution in [0.5, 0.6) is 5.75 Å². The average molecular weight is 348 g/mol. The van der Waals surface area contributed by atoms with E-state index in [0.717, 1.165) is 42.7 Å². The monoisotopic (exact) mass is 347 g/mol. The Bertz CT molecular complexity index is 579. The molecule has 5 heteroatoms. The van der Waals surface area contributed by atoms with Crippen molar-refractivity contribution in [2.24, 2.45) is 0 Å². The fraction of sp³-hybridized carbons (Fsp3) is 0.375. The lowest BCUT2D eigenvalue weighted by atomic mass is 10.2. The fourth-order valence-corrected chi connectivity index (χ4v) is 2.93. The molecule has 1 saturated heterocycles. The van der Waals surface area contributed by atoms with E-state index in [4.69, 9.17) is 4.74 Å². The van der Waals surface area contributed by atoms with Crippen LogP contribution in [0, 0.1) is 0 Å². The van der Waals surface area contributed by atoms with Crippen molar-refractivity contribution in [2.45, 2.75) is 18.9 Å². The van der Waals surface area contributed by atoms with E-state index < -0.39 is 0 Å².